The largest absolute Gasteiger partial charge is 0.381 e. The Morgan fingerprint density at radius 1 is 1.50 bits per heavy atom. The van der Waals surface area contributed by atoms with Crippen LogP contribution in [0.5, 0.6) is 0 Å². The maximum absolute atomic E-state index is 5.66. The summed E-state index contributed by atoms with van der Waals surface area (Å²) in [5, 5.41) is 3.58. The van der Waals surface area contributed by atoms with Crippen LogP contribution in [-0.4, -0.2) is 64.1 Å². The van der Waals surface area contributed by atoms with Crippen LogP contribution >= 0.6 is 0 Å². The molecule has 2 atom stereocenters. The van der Waals surface area contributed by atoms with Gasteiger partial charge in [-0.05, 0) is 25.8 Å². The van der Waals surface area contributed by atoms with Gasteiger partial charge in [-0.15, -0.1) is 0 Å². The van der Waals surface area contributed by atoms with Crippen LogP contribution < -0.4 is 5.32 Å². The first-order valence-corrected chi connectivity index (χ1v) is 7.31. The molecule has 0 aromatic carbocycles. The zero-order chi connectivity index (χ0) is 12.8. The summed E-state index contributed by atoms with van der Waals surface area (Å²) in [5.74, 6) is 0. The van der Waals surface area contributed by atoms with Gasteiger partial charge in [-0.1, -0.05) is 6.92 Å². The van der Waals surface area contributed by atoms with Crippen molar-refractivity contribution in [2.45, 2.75) is 32.3 Å². The second-order valence-electron chi connectivity index (χ2n) is 5.86. The van der Waals surface area contributed by atoms with Crippen LogP contribution in [0.4, 0.5) is 0 Å². The highest BCUT2D eigenvalue weighted by Gasteiger charge is 2.38. The molecule has 106 valence electrons. The average Bonchev–Trinajstić information content (AvgIpc) is 3.00. The minimum atomic E-state index is 0.331. The first-order chi connectivity index (χ1) is 8.78. The van der Waals surface area contributed by atoms with Crippen LogP contribution in [0.15, 0.2) is 0 Å². The minimum Gasteiger partial charge on any atom is -0.381 e. The van der Waals surface area contributed by atoms with Crippen molar-refractivity contribution in [1.82, 2.24) is 10.2 Å². The molecule has 0 spiro atoms. The predicted molar refractivity (Wildman–Crippen MR) is 72.9 cm³/mol. The highest BCUT2D eigenvalue weighted by atomic mass is 16.5. The molecule has 2 fully saturated rings. The van der Waals surface area contributed by atoms with Crippen LogP contribution in [0.3, 0.4) is 0 Å². The summed E-state index contributed by atoms with van der Waals surface area (Å²) >= 11 is 0. The van der Waals surface area contributed by atoms with Gasteiger partial charge in [-0.2, -0.15) is 0 Å². The van der Waals surface area contributed by atoms with Crippen LogP contribution in [-0.2, 0) is 9.47 Å². The molecule has 0 saturated carbocycles. The van der Waals surface area contributed by atoms with Crippen molar-refractivity contribution in [1.29, 1.82) is 0 Å². The standard InChI is InChI=1S/C14H28N2O2/c1-3-6-15-10-14(5-8-18-12-14)11-16-7-4-13(9-16)17-2/h13,15H,3-12H2,1-2H3. The normalized spacial score (nSPS) is 33.3. The van der Waals surface area contributed by atoms with Gasteiger partial charge in [0.15, 0.2) is 0 Å². The first kappa shape index (κ1) is 14.3. The lowest BCUT2D eigenvalue weighted by atomic mass is 9.86. The summed E-state index contributed by atoms with van der Waals surface area (Å²) in [5.41, 5.74) is 0.331. The number of methoxy groups -OCH3 is 1. The molecule has 18 heavy (non-hydrogen) atoms. The molecular formula is C14H28N2O2. The van der Waals surface area contributed by atoms with Gasteiger partial charge in [0.2, 0.25) is 0 Å². The molecule has 0 bridgehead atoms. The van der Waals surface area contributed by atoms with Crippen molar-refractivity contribution in [3.05, 3.63) is 0 Å². The fourth-order valence-electron chi connectivity index (χ4n) is 3.11. The molecule has 1 N–H and O–H groups in total. The van der Waals surface area contributed by atoms with Crippen molar-refractivity contribution in [3.8, 4) is 0 Å². The molecule has 2 aliphatic heterocycles. The van der Waals surface area contributed by atoms with Crippen LogP contribution in [0, 0.1) is 5.41 Å². The van der Waals surface area contributed by atoms with E-state index in [1.54, 1.807) is 0 Å². The van der Waals surface area contributed by atoms with Gasteiger partial charge < -0.3 is 14.8 Å². The minimum absolute atomic E-state index is 0.331. The highest BCUT2D eigenvalue weighted by Crippen LogP contribution is 2.30. The number of hydrogen-bond acceptors (Lipinski definition) is 4. The second kappa shape index (κ2) is 6.85. The van der Waals surface area contributed by atoms with Gasteiger partial charge in [0.05, 0.1) is 12.7 Å². The Bertz CT molecular complexity index is 242. The van der Waals surface area contributed by atoms with Gasteiger partial charge in [-0.3, -0.25) is 4.90 Å². The fourth-order valence-corrected chi connectivity index (χ4v) is 3.11. The van der Waals surface area contributed by atoms with E-state index in [4.69, 9.17) is 9.47 Å². The Kier molecular flexibility index (Phi) is 5.42. The number of nitrogens with zero attached hydrogens (tertiary/aromatic N) is 1. The van der Waals surface area contributed by atoms with E-state index in [0.29, 0.717) is 11.5 Å². The Morgan fingerprint density at radius 2 is 2.39 bits per heavy atom. The lowest BCUT2D eigenvalue weighted by Gasteiger charge is -2.32. The Balaban J connectivity index is 1.82. The van der Waals surface area contributed by atoms with E-state index in [2.05, 4.69) is 17.1 Å². The molecule has 2 heterocycles. The number of ether oxygens (including phenoxy) is 2. The van der Waals surface area contributed by atoms with Crippen LogP contribution in [0.1, 0.15) is 26.2 Å². The molecule has 0 aromatic rings. The lowest BCUT2D eigenvalue weighted by molar-refractivity contribution is 0.0886. The SMILES string of the molecule is CCCNCC1(CN2CCC(OC)C2)CCOC1. The maximum Gasteiger partial charge on any atom is 0.0710 e. The zero-order valence-corrected chi connectivity index (χ0v) is 11.9. The monoisotopic (exact) mass is 256 g/mol. The van der Waals surface area contributed by atoms with E-state index in [1.807, 2.05) is 7.11 Å². The van der Waals surface area contributed by atoms with Gasteiger partial charge >= 0.3 is 0 Å². The summed E-state index contributed by atoms with van der Waals surface area (Å²) in [6.45, 7) is 9.68. The second-order valence-corrected chi connectivity index (χ2v) is 5.86. The highest BCUT2D eigenvalue weighted by molar-refractivity contribution is 4.90. The number of rotatable bonds is 7. The fraction of sp³-hybridized carbons (Fsp3) is 1.00. The molecule has 2 unspecified atom stereocenters. The number of hydrogen-bond donors (Lipinski definition) is 1. The molecule has 2 rings (SSSR count). The Hall–Kier alpha value is -0.160. The van der Waals surface area contributed by atoms with Crippen LogP contribution in [0.25, 0.3) is 0 Å². The summed E-state index contributed by atoms with van der Waals surface area (Å²) < 4.78 is 11.1. The van der Waals surface area contributed by atoms with E-state index in [9.17, 15) is 0 Å². The Morgan fingerprint density at radius 3 is 3.00 bits per heavy atom. The van der Waals surface area contributed by atoms with Crippen LogP contribution in [0.2, 0.25) is 0 Å². The molecule has 0 aliphatic carbocycles. The molecule has 2 aliphatic rings. The topological polar surface area (TPSA) is 33.7 Å². The van der Waals surface area contributed by atoms with Gasteiger partial charge in [-0.25, -0.2) is 0 Å². The summed E-state index contributed by atoms with van der Waals surface area (Å²) in [6.07, 6.45) is 4.01. The van der Waals surface area contributed by atoms with Crippen molar-refractivity contribution in [2.75, 3.05) is 53.0 Å². The van der Waals surface area contributed by atoms with Gasteiger partial charge in [0.1, 0.15) is 0 Å². The van der Waals surface area contributed by atoms with E-state index < -0.39 is 0 Å². The number of likely N-dealkylation sites (tertiary alicyclic amines) is 1. The lowest BCUT2D eigenvalue weighted by Crippen LogP contribution is -2.44. The average molecular weight is 256 g/mol. The van der Waals surface area contributed by atoms with Crippen molar-refractivity contribution in [2.24, 2.45) is 5.41 Å². The summed E-state index contributed by atoms with van der Waals surface area (Å²) in [7, 11) is 1.82. The zero-order valence-electron chi connectivity index (χ0n) is 11.9. The smallest absolute Gasteiger partial charge is 0.0710 e. The van der Waals surface area contributed by atoms with Crippen molar-refractivity contribution < 1.29 is 9.47 Å². The van der Waals surface area contributed by atoms with E-state index >= 15 is 0 Å². The third-order valence-corrected chi connectivity index (χ3v) is 4.23. The molecular weight excluding hydrogens is 228 g/mol. The quantitative estimate of drug-likeness (QED) is 0.692. The van der Waals surface area contributed by atoms with Crippen molar-refractivity contribution >= 4 is 0 Å². The number of nitrogens with one attached hydrogen (secondary N) is 1. The molecule has 2 saturated heterocycles. The third kappa shape index (κ3) is 3.67. The van der Waals surface area contributed by atoms with Gasteiger partial charge in [0, 0.05) is 45.3 Å². The molecule has 4 heteroatoms. The molecule has 0 radical (unpaired) electrons. The molecule has 0 aromatic heterocycles. The van der Waals surface area contributed by atoms with Gasteiger partial charge in [0.25, 0.3) is 0 Å². The molecule has 4 nitrogen and oxygen atoms in total. The maximum atomic E-state index is 5.66. The molecule has 0 amide bonds. The van der Waals surface area contributed by atoms with E-state index in [0.717, 1.165) is 39.4 Å². The Labute approximate surface area is 111 Å². The summed E-state index contributed by atoms with van der Waals surface area (Å²) in [4.78, 5) is 2.55. The van der Waals surface area contributed by atoms with E-state index in [-0.39, 0.29) is 0 Å². The van der Waals surface area contributed by atoms with E-state index in [1.165, 1.54) is 25.8 Å². The summed E-state index contributed by atoms with van der Waals surface area (Å²) in [6, 6.07) is 0. The third-order valence-electron chi connectivity index (χ3n) is 4.23. The first-order valence-electron chi connectivity index (χ1n) is 7.31. The van der Waals surface area contributed by atoms with Crippen molar-refractivity contribution in [3.63, 3.8) is 0 Å². The predicted octanol–water partition coefficient (Wildman–Crippen LogP) is 1.11.